The van der Waals surface area contributed by atoms with Crippen LogP contribution in [0.3, 0.4) is 0 Å². The quantitative estimate of drug-likeness (QED) is 0.232. The van der Waals surface area contributed by atoms with Crippen molar-refractivity contribution in [2.45, 2.75) is 24.9 Å². The van der Waals surface area contributed by atoms with Crippen LogP contribution in [0.5, 0.6) is 0 Å². The second kappa shape index (κ2) is 9.78. The van der Waals surface area contributed by atoms with Crippen LogP contribution in [0.4, 0.5) is 5.69 Å². The molecule has 0 bridgehead atoms. The molecule has 1 aromatic carbocycles. The normalized spacial score (nSPS) is 17.6. The predicted molar refractivity (Wildman–Crippen MR) is 126 cm³/mol. The Morgan fingerprint density at radius 2 is 2.00 bits per heavy atom. The number of nitrogens with zero attached hydrogens (tertiary/aromatic N) is 4. The van der Waals surface area contributed by atoms with Crippen LogP contribution in [0.2, 0.25) is 0 Å². The van der Waals surface area contributed by atoms with Gasteiger partial charge in [-0.05, 0) is 55.0 Å². The summed E-state index contributed by atoms with van der Waals surface area (Å²) < 4.78 is 6.76. The highest BCUT2D eigenvalue weighted by Crippen LogP contribution is 2.39. The molecule has 0 aliphatic carbocycles. The van der Waals surface area contributed by atoms with Gasteiger partial charge in [0.15, 0.2) is 5.11 Å². The standard InChI is InChI=1S/C23H23N5O4S/c1-32-20(29)8-5-15-27-22(21(25-23(27)33)18-6-2-3-13-24-18)19-7-4-14-26(19)16-9-11-17(12-10-16)28(30)31/h2-4,6-7,9-14,21-22H,5,8,15H2,1H3,(H,25,33)/t21-,22+/m0/s1. The molecule has 0 amide bonds. The first-order valence-corrected chi connectivity index (χ1v) is 10.9. The number of pyridine rings is 1. The molecule has 0 unspecified atom stereocenters. The van der Waals surface area contributed by atoms with Crippen LogP contribution >= 0.6 is 12.2 Å². The van der Waals surface area contributed by atoms with E-state index in [2.05, 4.69) is 15.2 Å². The average molecular weight is 466 g/mol. The molecule has 9 nitrogen and oxygen atoms in total. The molecular weight excluding hydrogens is 442 g/mol. The number of carbonyl (C=O) groups is 1. The highest BCUT2D eigenvalue weighted by molar-refractivity contribution is 7.80. The Hall–Kier alpha value is -3.79. The van der Waals surface area contributed by atoms with Crippen LogP contribution in [0, 0.1) is 10.1 Å². The summed E-state index contributed by atoms with van der Waals surface area (Å²) in [7, 11) is 1.38. The van der Waals surface area contributed by atoms with E-state index < -0.39 is 4.92 Å². The third-order valence-corrected chi connectivity index (χ3v) is 5.98. The van der Waals surface area contributed by atoms with Gasteiger partial charge in [-0.3, -0.25) is 19.9 Å². The van der Waals surface area contributed by atoms with Gasteiger partial charge in [-0.1, -0.05) is 6.07 Å². The number of carbonyl (C=O) groups excluding carboxylic acids is 1. The fourth-order valence-corrected chi connectivity index (χ4v) is 4.40. The Balaban J connectivity index is 1.70. The molecule has 3 heterocycles. The van der Waals surface area contributed by atoms with E-state index in [-0.39, 0.29) is 23.7 Å². The summed E-state index contributed by atoms with van der Waals surface area (Å²) in [6.07, 6.45) is 4.53. The van der Waals surface area contributed by atoms with E-state index in [9.17, 15) is 14.9 Å². The van der Waals surface area contributed by atoms with Crippen molar-refractivity contribution in [2.75, 3.05) is 13.7 Å². The zero-order valence-electron chi connectivity index (χ0n) is 18.0. The topological polar surface area (TPSA) is 103 Å². The number of aromatic nitrogens is 2. The third kappa shape index (κ3) is 4.70. The molecule has 1 aliphatic rings. The maximum absolute atomic E-state index is 11.6. The molecule has 1 saturated heterocycles. The molecule has 170 valence electrons. The van der Waals surface area contributed by atoms with Crippen molar-refractivity contribution >= 4 is 29.0 Å². The van der Waals surface area contributed by atoms with Crippen LogP contribution in [0.25, 0.3) is 5.69 Å². The van der Waals surface area contributed by atoms with E-state index in [1.165, 1.54) is 19.2 Å². The highest BCUT2D eigenvalue weighted by Gasteiger charge is 2.41. The summed E-state index contributed by atoms with van der Waals surface area (Å²) in [5, 5.41) is 15.0. The minimum atomic E-state index is -0.417. The molecule has 2 aromatic heterocycles. The predicted octanol–water partition coefficient (Wildman–Crippen LogP) is 3.71. The maximum atomic E-state index is 11.6. The third-order valence-electron chi connectivity index (χ3n) is 5.63. The van der Waals surface area contributed by atoms with Crippen molar-refractivity contribution in [1.82, 2.24) is 19.8 Å². The summed E-state index contributed by atoms with van der Waals surface area (Å²) >= 11 is 5.67. The fourth-order valence-electron chi connectivity index (χ4n) is 4.07. The second-order valence-electron chi connectivity index (χ2n) is 7.58. The SMILES string of the molecule is COC(=O)CCCN1C(=S)N[C@@H](c2ccccn2)[C@H]1c1cccn1-c1ccc([N+](=O)[O-])cc1. The van der Waals surface area contributed by atoms with Gasteiger partial charge in [0.05, 0.1) is 29.8 Å². The number of methoxy groups -OCH3 is 1. The molecule has 1 aliphatic heterocycles. The molecule has 2 atom stereocenters. The van der Waals surface area contributed by atoms with Crippen LogP contribution < -0.4 is 5.32 Å². The first kappa shape index (κ1) is 22.4. The second-order valence-corrected chi connectivity index (χ2v) is 7.96. The van der Waals surface area contributed by atoms with Gasteiger partial charge in [0, 0.05) is 48.9 Å². The van der Waals surface area contributed by atoms with E-state index in [1.54, 1.807) is 18.3 Å². The van der Waals surface area contributed by atoms with Gasteiger partial charge in [-0.15, -0.1) is 0 Å². The number of hydrogen-bond acceptors (Lipinski definition) is 6. The van der Waals surface area contributed by atoms with Crippen LogP contribution in [-0.2, 0) is 9.53 Å². The van der Waals surface area contributed by atoms with Gasteiger partial charge in [-0.25, -0.2) is 0 Å². The molecule has 0 radical (unpaired) electrons. The lowest BCUT2D eigenvalue weighted by atomic mass is 10.0. The number of hydrogen-bond donors (Lipinski definition) is 1. The Labute approximate surface area is 196 Å². The molecule has 0 spiro atoms. The highest BCUT2D eigenvalue weighted by atomic mass is 32.1. The number of thiocarbonyl (C=S) groups is 1. The van der Waals surface area contributed by atoms with Crippen molar-refractivity contribution in [1.29, 1.82) is 0 Å². The molecule has 3 aromatic rings. The molecular formula is C23H23N5O4S. The Kier molecular flexibility index (Phi) is 6.64. The molecule has 1 fully saturated rings. The zero-order valence-corrected chi connectivity index (χ0v) is 18.8. The summed E-state index contributed by atoms with van der Waals surface area (Å²) in [6, 6.07) is 15.7. The molecule has 1 N–H and O–H groups in total. The number of ether oxygens (including phenoxy) is 1. The minimum Gasteiger partial charge on any atom is -0.469 e. The Bertz CT molecular complexity index is 1150. The lowest BCUT2D eigenvalue weighted by Gasteiger charge is -2.29. The van der Waals surface area contributed by atoms with E-state index in [0.29, 0.717) is 24.5 Å². The van der Waals surface area contributed by atoms with E-state index >= 15 is 0 Å². The summed E-state index contributed by atoms with van der Waals surface area (Å²) in [4.78, 5) is 28.9. The number of rotatable bonds is 8. The smallest absolute Gasteiger partial charge is 0.305 e. The monoisotopic (exact) mass is 465 g/mol. The van der Waals surface area contributed by atoms with Crippen LogP contribution in [-0.4, -0.2) is 44.1 Å². The van der Waals surface area contributed by atoms with Gasteiger partial charge in [0.1, 0.15) is 0 Å². The molecule has 0 saturated carbocycles. The van der Waals surface area contributed by atoms with E-state index in [0.717, 1.165) is 17.1 Å². The minimum absolute atomic E-state index is 0.0342. The molecule has 33 heavy (non-hydrogen) atoms. The number of nitro groups is 1. The van der Waals surface area contributed by atoms with Gasteiger partial charge in [-0.2, -0.15) is 0 Å². The average Bonchev–Trinajstić information content (AvgIpc) is 3.44. The van der Waals surface area contributed by atoms with Gasteiger partial charge >= 0.3 is 5.97 Å². The lowest BCUT2D eigenvalue weighted by molar-refractivity contribution is -0.384. The number of esters is 1. The van der Waals surface area contributed by atoms with Crippen LogP contribution in [0.1, 0.15) is 36.3 Å². The summed E-state index contributed by atoms with van der Waals surface area (Å²) in [6.45, 7) is 0.556. The Morgan fingerprint density at radius 3 is 2.67 bits per heavy atom. The summed E-state index contributed by atoms with van der Waals surface area (Å²) in [5.74, 6) is -0.264. The van der Waals surface area contributed by atoms with Crippen molar-refractivity contribution in [3.8, 4) is 5.69 Å². The number of nitro benzene ring substituents is 1. The summed E-state index contributed by atoms with van der Waals surface area (Å²) in [5.41, 5.74) is 2.63. The first-order valence-electron chi connectivity index (χ1n) is 10.5. The van der Waals surface area contributed by atoms with Crippen molar-refractivity contribution < 1.29 is 14.5 Å². The van der Waals surface area contributed by atoms with Crippen LogP contribution in [0.15, 0.2) is 67.0 Å². The fraction of sp³-hybridized carbons (Fsp3) is 0.261. The Morgan fingerprint density at radius 1 is 1.21 bits per heavy atom. The van der Waals surface area contributed by atoms with Crippen molar-refractivity contribution in [3.05, 3.63) is 88.5 Å². The number of benzene rings is 1. The maximum Gasteiger partial charge on any atom is 0.305 e. The van der Waals surface area contributed by atoms with Crippen molar-refractivity contribution in [3.63, 3.8) is 0 Å². The lowest BCUT2D eigenvalue weighted by Crippen LogP contribution is -2.31. The number of nitrogens with one attached hydrogen (secondary N) is 1. The molecule has 10 heteroatoms. The molecule has 4 rings (SSSR count). The van der Waals surface area contributed by atoms with Gasteiger partial charge in [0.2, 0.25) is 0 Å². The van der Waals surface area contributed by atoms with Crippen molar-refractivity contribution in [2.24, 2.45) is 0 Å². The van der Waals surface area contributed by atoms with E-state index in [4.69, 9.17) is 17.0 Å². The zero-order chi connectivity index (χ0) is 23.4. The van der Waals surface area contributed by atoms with E-state index in [1.807, 2.05) is 41.1 Å². The largest absolute Gasteiger partial charge is 0.469 e. The first-order chi connectivity index (χ1) is 16.0. The number of non-ortho nitro benzene ring substituents is 1. The van der Waals surface area contributed by atoms with Gasteiger partial charge < -0.3 is 19.5 Å². The van der Waals surface area contributed by atoms with Gasteiger partial charge in [0.25, 0.3) is 5.69 Å².